The molecule has 1 saturated heterocycles. The molecule has 1 aromatic rings. The van der Waals surface area contributed by atoms with Crippen LogP contribution in [0, 0.1) is 0 Å². The molecule has 0 unspecified atom stereocenters. The number of imide groups is 2. The summed E-state index contributed by atoms with van der Waals surface area (Å²) in [5, 5.41) is 0. The minimum atomic E-state index is -0.955. The van der Waals surface area contributed by atoms with Gasteiger partial charge in [-0.15, -0.1) is 11.8 Å². The van der Waals surface area contributed by atoms with E-state index in [4.69, 9.17) is 0 Å². The summed E-state index contributed by atoms with van der Waals surface area (Å²) in [7, 11) is 1.23. The molecule has 0 radical (unpaired) electrons. The van der Waals surface area contributed by atoms with Gasteiger partial charge in [-0.2, -0.15) is 0 Å². The lowest BCUT2D eigenvalue weighted by Gasteiger charge is -2.24. The molecule has 1 fully saturated rings. The van der Waals surface area contributed by atoms with Crippen LogP contribution in [0.1, 0.15) is 6.42 Å². The molecule has 3 rings (SSSR count). The first-order valence-electron chi connectivity index (χ1n) is 7.16. The van der Waals surface area contributed by atoms with Gasteiger partial charge < -0.3 is 4.90 Å². The fourth-order valence-electron chi connectivity index (χ4n) is 2.56. The standard InChI is InChI=1S/C15H15N3O4S/c1-16-13(20)14(21)18(15(16)22)9-12(19)17-7-4-8-23-11-6-3-2-5-10(11)17/h2-3,5-6H,4,7-9H2,1H3. The highest BCUT2D eigenvalue weighted by molar-refractivity contribution is 7.99. The van der Waals surface area contributed by atoms with Gasteiger partial charge in [-0.05, 0) is 24.3 Å². The Kier molecular flexibility index (Phi) is 4.08. The maximum absolute atomic E-state index is 12.6. The lowest BCUT2D eigenvalue weighted by atomic mass is 10.2. The van der Waals surface area contributed by atoms with Crippen LogP contribution in [0.25, 0.3) is 0 Å². The number of urea groups is 1. The predicted octanol–water partition coefficient (Wildman–Crippen LogP) is 0.936. The van der Waals surface area contributed by atoms with Crippen molar-refractivity contribution in [2.45, 2.75) is 11.3 Å². The number of anilines is 1. The van der Waals surface area contributed by atoms with Gasteiger partial charge in [-0.25, -0.2) is 9.69 Å². The number of nitrogens with zero attached hydrogens (tertiary/aromatic N) is 3. The average Bonchev–Trinajstić information content (AvgIpc) is 2.75. The minimum Gasteiger partial charge on any atom is -0.310 e. The molecule has 2 aliphatic rings. The third-order valence-corrected chi connectivity index (χ3v) is 4.93. The van der Waals surface area contributed by atoms with E-state index in [1.54, 1.807) is 16.7 Å². The molecule has 1 aromatic carbocycles. The van der Waals surface area contributed by atoms with Crippen LogP contribution in [-0.2, 0) is 14.4 Å². The zero-order chi connectivity index (χ0) is 16.6. The highest BCUT2D eigenvalue weighted by Gasteiger charge is 2.43. The van der Waals surface area contributed by atoms with Crippen molar-refractivity contribution in [2.24, 2.45) is 0 Å². The fraction of sp³-hybridized carbons (Fsp3) is 0.333. The zero-order valence-electron chi connectivity index (χ0n) is 12.5. The van der Waals surface area contributed by atoms with Gasteiger partial charge >= 0.3 is 17.8 Å². The number of likely N-dealkylation sites (N-methyl/N-ethyl adjacent to an activating group) is 1. The Morgan fingerprint density at radius 2 is 1.91 bits per heavy atom. The zero-order valence-corrected chi connectivity index (χ0v) is 13.3. The Morgan fingerprint density at radius 1 is 1.17 bits per heavy atom. The molecule has 5 amide bonds. The van der Waals surface area contributed by atoms with Gasteiger partial charge in [-0.1, -0.05) is 12.1 Å². The molecule has 0 spiro atoms. The molecule has 7 nitrogen and oxygen atoms in total. The number of para-hydroxylation sites is 1. The van der Waals surface area contributed by atoms with Crippen LogP contribution in [-0.4, -0.2) is 59.4 Å². The third kappa shape index (κ3) is 2.70. The topological polar surface area (TPSA) is 78.0 Å². The van der Waals surface area contributed by atoms with Crippen molar-refractivity contribution in [2.75, 3.05) is 30.8 Å². The number of thioether (sulfide) groups is 1. The Balaban J connectivity index is 1.83. The Labute approximate surface area is 137 Å². The lowest BCUT2D eigenvalue weighted by molar-refractivity contribution is -0.143. The van der Waals surface area contributed by atoms with Crippen LogP contribution >= 0.6 is 11.8 Å². The van der Waals surface area contributed by atoms with E-state index in [2.05, 4.69) is 0 Å². The van der Waals surface area contributed by atoms with Crippen LogP contribution in [0.5, 0.6) is 0 Å². The monoisotopic (exact) mass is 333 g/mol. The predicted molar refractivity (Wildman–Crippen MR) is 84.0 cm³/mol. The van der Waals surface area contributed by atoms with E-state index in [1.165, 1.54) is 7.05 Å². The van der Waals surface area contributed by atoms with E-state index in [0.717, 1.165) is 27.7 Å². The maximum Gasteiger partial charge on any atom is 0.334 e. The first-order valence-corrected chi connectivity index (χ1v) is 8.15. The Bertz CT molecular complexity index is 706. The molecule has 0 saturated carbocycles. The van der Waals surface area contributed by atoms with Gasteiger partial charge in [0.15, 0.2) is 0 Å². The number of amides is 5. The molecule has 23 heavy (non-hydrogen) atoms. The highest BCUT2D eigenvalue weighted by atomic mass is 32.2. The first kappa shape index (κ1) is 15.5. The summed E-state index contributed by atoms with van der Waals surface area (Å²) in [5.74, 6) is -1.34. The number of hydrogen-bond acceptors (Lipinski definition) is 5. The maximum atomic E-state index is 12.6. The van der Waals surface area contributed by atoms with Crippen molar-refractivity contribution in [1.29, 1.82) is 0 Å². The summed E-state index contributed by atoms with van der Waals surface area (Å²) in [6.07, 6.45) is 0.811. The SMILES string of the molecule is CN1C(=O)C(=O)N(CC(=O)N2CCCSc3ccccc32)C1=O. The normalized spacial score (nSPS) is 18.3. The van der Waals surface area contributed by atoms with Crippen LogP contribution in [0.15, 0.2) is 29.2 Å². The van der Waals surface area contributed by atoms with E-state index < -0.39 is 24.4 Å². The summed E-state index contributed by atoms with van der Waals surface area (Å²) in [6.45, 7) is 0.0929. The first-order chi connectivity index (χ1) is 11.0. The number of benzene rings is 1. The van der Waals surface area contributed by atoms with Crippen molar-refractivity contribution in [3.63, 3.8) is 0 Å². The van der Waals surface area contributed by atoms with Crippen molar-refractivity contribution < 1.29 is 19.2 Å². The molecule has 0 N–H and O–H groups in total. The summed E-state index contributed by atoms with van der Waals surface area (Å²) in [4.78, 5) is 51.8. The molecule has 0 aromatic heterocycles. The number of rotatable bonds is 2. The number of carbonyl (C=O) groups is 4. The average molecular weight is 333 g/mol. The van der Waals surface area contributed by atoms with E-state index >= 15 is 0 Å². The van der Waals surface area contributed by atoms with Gasteiger partial charge in [0.05, 0.1) is 5.69 Å². The number of fused-ring (bicyclic) bond motifs is 1. The van der Waals surface area contributed by atoms with Crippen LogP contribution in [0.3, 0.4) is 0 Å². The Morgan fingerprint density at radius 3 is 2.61 bits per heavy atom. The van der Waals surface area contributed by atoms with Crippen molar-refractivity contribution in [3.05, 3.63) is 24.3 Å². The molecule has 0 atom stereocenters. The van der Waals surface area contributed by atoms with Crippen molar-refractivity contribution in [3.8, 4) is 0 Å². The van der Waals surface area contributed by atoms with E-state index in [1.807, 2.05) is 24.3 Å². The van der Waals surface area contributed by atoms with Gasteiger partial charge in [0.25, 0.3) is 0 Å². The largest absolute Gasteiger partial charge is 0.334 e. The van der Waals surface area contributed by atoms with Crippen LogP contribution in [0.4, 0.5) is 10.5 Å². The summed E-state index contributed by atoms with van der Waals surface area (Å²) in [5.41, 5.74) is 0.777. The molecule has 2 aliphatic heterocycles. The second-order valence-electron chi connectivity index (χ2n) is 5.25. The summed E-state index contributed by atoms with van der Waals surface area (Å²) < 4.78 is 0. The summed E-state index contributed by atoms with van der Waals surface area (Å²) >= 11 is 1.67. The third-order valence-electron chi connectivity index (χ3n) is 3.78. The van der Waals surface area contributed by atoms with E-state index in [9.17, 15) is 19.2 Å². The van der Waals surface area contributed by atoms with Crippen molar-refractivity contribution in [1.82, 2.24) is 9.80 Å². The minimum absolute atomic E-state index is 0.371. The number of hydrogen-bond donors (Lipinski definition) is 0. The molecule has 0 bridgehead atoms. The van der Waals surface area contributed by atoms with Gasteiger partial charge in [-0.3, -0.25) is 19.3 Å². The molecule has 2 heterocycles. The van der Waals surface area contributed by atoms with Gasteiger partial charge in [0, 0.05) is 18.5 Å². The smallest absolute Gasteiger partial charge is 0.310 e. The molecule has 8 heteroatoms. The van der Waals surface area contributed by atoms with Crippen LogP contribution < -0.4 is 4.90 Å². The van der Waals surface area contributed by atoms with E-state index in [0.29, 0.717) is 11.4 Å². The van der Waals surface area contributed by atoms with Crippen molar-refractivity contribution >= 4 is 41.2 Å². The highest BCUT2D eigenvalue weighted by Crippen LogP contribution is 2.33. The second kappa shape index (κ2) is 6.04. The van der Waals surface area contributed by atoms with Crippen LogP contribution in [0.2, 0.25) is 0 Å². The van der Waals surface area contributed by atoms with Gasteiger partial charge in [0.2, 0.25) is 5.91 Å². The number of carbonyl (C=O) groups excluding carboxylic acids is 4. The Hall–Kier alpha value is -2.35. The van der Waals surface area contributed by atoms with E-state index in [-0.39, 0.29) is 5.91 Å². The molecule has 0 aliphatic carbocycles. The summed E-state index contributed by atoms with van der Waals surface area (Å²) in [6, 6.07) is 6.77. The molecular formula is C15H15N3O4S. The second-order valence-corrected chi connectivity index (χ2v) is 6.39. The van der Waals surface area contributed by atoms with Gasteiger partial charge in [0.1, 0.15) is 6.54 Å². The quantitative estimate of drug-likeness (QED) is 0.594. The lowest BCUT2D eigenvalue weighted by Crippen LogP contribution is -2.43. The molecule has 120 valence electrons. The molecular weight excluding hydrogens is 318 g/mol. The fourth-order valence-corrected chi connectivity index (χ4v) is 3.55.